The summed E-state index contributed by atoms with van der Waals surface area (Å²) in [5.74, 6) is -0.634. The fourth-order valence-electron chi connectivity index (χ4n) is 0.766. The van der Waals surface area contributed by atoms with Crippen LogP contribution in [0, 0.1) is 17.2 Å². The van der Waals surface area contributed by atoms with Gasteiger partial charge in [-0.1, -0.05) is 6.92 Å². The molecule has 1 unspecified atom stereocenters. The van der Waals surface area contributed by atoms with Gasteiger partial charge in [-0.2, -0.15) is 10.1 Å². The van der Waals surface area contributed by atoms with Crippen LogP contribution in [0.15, 0.2) is 0 Å². The summed E-state index contributed by atoms with van der Waals surface area (Å²) in [5.41, 5.74) is 0. The highest BCUT2D eigenvalue weighted by atomic mass is 17.5. The molecule has 0 radical (unpaired) electrons. The van der Waals surface area contributed by atoms with Gasteiger partial charge in [-0.25, -0.2) is 4.79 Å². The largest absolute Gasteiger partial charge is 0.345 e. The van der Waals surface area contributed by atoms with E-state index >= 15 is 0 Å². The third-order valence-electron chi connectivity index (χ3n) is 1.57. The summed E-state index contributed by atoms with van der Waals surface area (Å²) in [6, 6.07) is 2.08. The Kier molecular flexibility index (Phi) is 6.88. The van der Waals surface area contributed by atoms with Crippen molar-refractivity contribution in [3.8, 4) is 6.07 Å². The smallest absolute Gasteiger partial charge is 0.269 e. The van der Waals surface area contributed by atoms with E-state index in [0.717, 1.165) is 6.42 Å². The van der Waals surface area contributed by atoms with Crippen molar-refractivity contribution >= 4 is 5.97 Å². The van der Waals surface area contributed by atoms with Gasteiger partial charge in [-0.3, -0.25) is 4.89 Å². The normalized spacial score (nSPS) is 11.8. The summed E-state index contributed by atoms with van der Waals surface area (Å²) in [6.07, 6.45) is 1.38. The van der Waals surface area contributed by atoms with Crippen molar-refractivity contribution in [1.82, 2.24) is 0 Å². The SMILES string of the molecule is CCC(C#N)CCC(=O)OOOC. The maximum absolute atomic E-state index is 10.8. The fraction of sp³-hybridized carbons (Fsp3) is 0.750. The summed E-state index contributed by atoms with van der Waals surface area (Å²) in [7, 11) is 1.23. The highest BCUT2D eigenvalue weighted by Crippen LogP contribution is 2.09. The van der Waals surface area contributed by atoms with Gasteiger partial charge in [0, 0.05) is 5.92 Å². The molecule has 0 amide bonds. The van der Waals surface area contributed by atoms with Crippen LogP contribution < -0.4 is 0 Å². The van der Waals surface area contributed by atoms with E-state index in [1.807, 2.05) is 6.92 Å². The van der Waals surface area contributed by atoms with E-state index in [2.05, 4.69) is 20.9 Å². The van der Waals surface area contributed by atoms with Crippen molar-refractivity contribution in [1.29, 1.82) is 5.26 Å². The van der Waals surface area contributed by atoms with Crippen molar-refractivity contribution in [2.45, 2.75) is 26.2 Å². The van der Waals surface area contributed by atoms with E-state index < -0.39 is 5.97 Å². The highest BCUT2D eigenvalue weighted by Gasteiger charge is 2.10. The first-order valence-corrected chi connectivity index (χ1v) is 4.04. The summed E-state index contributed by atoms with van der Waals surface area (Å²) in [5, 5.41) is 12.5. The molecule has 0 bridgehead atoms. The number of carbonyl (C=O) groups excluding carboxylic acids is 1. The number of hydrogen-bond acceptors (Lipinski definition) is 5. The van der Waals surface area contributed by atoms with E-state index in [4.69, 9.17) is 5.26 Å². The lowest BCUT2D eigenvalue weighted by Crippen LogP contribution is -2.07. The molecule has 0 aromatic heterocycles. The molecule has 0 saturated carbocycles. The van der Waals surface area contributed by atoms with Crippen LogP contribution in [0.3, 0.4) is 0 Å². The number of nitrogens with zero attached hydrogens (tertiary/aromatic N) is 1. The van der Waals surface area contributed by atoms with Gasteiger partial charge in [0.2, 0.25) is 0 Å². The van der Waals surface area contributed by atoms with Crippen LogP contribution >= 0.6 is 0 Å². The maximum Gasteiger partial charge on any atom is 0.345 e. The molecule has 13 heavy (non-hydrogen) atoms. The zero-order valence-electron chi connectivity index (χ0n) is 7.78. The van der Waals surface area contributed by atoms with Crippen LogP contribution in [-0.2, 0) is 19.6 Å². The minimum atomic E-state index is -0.532. The van der Waals surface area contributed by atoms with Crippen LogP contribution in [0.5, 0.6) is 0 Å². The quantitative estimate of drug-likeness (QED) is 0.463. The number of nitriles is 1. The van der Waals surface area contributed by atoms with Crippen LogP contribution in [0.4, 0.5) is 0 Å². The Labute approximate surface area is 77.0 Å². The lowest BCUT2D eigenvalue weighted by molar-refractivity contribution is -0.475. The van der Waals surface area contributed by atoms with Gasteiger partial charge >= 0.3 is 5.97 Å². The molecule has 0 aliphatic heterocycles. The predicted molar refractivity (Wildman–Crippen MR) is 42.8 cm³/mol. The summed E-state index contributed by atoms with van der Waals surface area (Å²) >= 11 is 0. The van der Waals surface area contributed by atoms with Crippen molar-refractivity contribution in [3.05, 3.63) is 0 Å². The van der Waals surface area contributed by atoms with Crippen LogP contribution in [0.2, 0.25) is 0 Å². The second-order valence-electron chi connectivity index (χ2n) is 2.46. The van der Waals surface area contributed by atoms with Gasteiger partial charge in [0.05, 0.1) is 19.6 Å². The average Bonchev–Trinajstić information content (AvgIpc) is 2.16. The lowest BCUT2D eigenvalue weighted by Gasteiger charge is -2.03. The molecule has 0 heterocycles. The molecular formula is C8H13NO4. The molecule has 74 valence electrons. The van der Waals surface area contributed by atoms with Gasteiger partial charge in [0.1, 0.15) is 0 Å². The zero-order valence-corrected chi connectivity index (χ0v) is 7.78. The van der Waals surface area contributed by atoms with Crippen molar-refractivity contribution < 1.29 is 19.6 Å². The van der Waals surface area contributed by atoms with Crippen molar-refractivity contribution in [2.24, 2.45) is 5.92 Å². The van der Waals surface area contributed by atoms with Crippen molar-refractivity contribution in [3.63, 3.8) is 0 Å². The van der Waals surface area contributed by atoms with E-state index in [9.17, 15) is 4.79 Å². The highest BCUT2D eigenvalue weighted by molar-refractivity contribution is 5.68. The first-order valence-electron chi connectivity index (χ1n) is 4.04. The zero-order chi connectivity index (χ0) is 10.1. The Morgan fingerprint density at radius 1 is 1.62 bits per heavy atom. The first-order chi connectivity index (χ1) is 6.24. The minimum absolute atomic E-state index is 0.102. The summed E-state index contributed by atoms with van der Waals surface area (Å²) in [4.78, 5) is 19.0. The Balaban J connectivity index is 3.51. The monoisotopic (exact) mass is 187 g/mol. The minimum Gasteiger partial charge on any atom is -0.269 e. The molecule has 1 atom stereocenters. The second kappa shape index (κ2) is 7.53. The second-order valence-corrected chi connectivity index (χ2v) is 2.46. The predicted octanol–water partition coefficient (Wildman–Crippen LogP) is 1.35. The number of rotatable bonds is 6. The van der Waals surface area contributed by atoms with Gasteiger partial charge in [0.15, 0.2) is 0 Å². The molecule has 0 aromatic carbocycles. The molecule has 5 nitrogen and oxygen atoms in total. The van der Waals surface area contributed by atoms with Gasteiger partial charge in [-0.05, 0) is 17.9 Å². The van der Waals surface area contributed by atoms with E-state index in [1.54, 1.807) is 0 Å². The Morgan fingerprint density at radius 2 is 2.31 bits per heavy atom. The van der Waals surface area contributed by atoms with Gasteiger partial charge in [0.25, 0.3) is 0 Å². The van der Waals surface area contributed by atoms with E-state index in [0.29, 0.717) is 6.42 Å². The number of carbonyl (C=O) groups is 1. The fourth-order valence-corrected chi connectivity index (χ4v) is 0.766. The Bertz CT molecular complexity index is 187. The molecule has 0 aromatic rings. The van der Waals surface area contributed by atoms with Gasteiger partial charge in [-0.15, -0.1) is 0 Å². The Hall–Kier alpha value is -1.12. The van der Waals surface area contributed by atoms with Crippen LogP contribution in [-0.4, -0.2) is 13.1 Å². The molecule has 0 N–H and O–H groups in total. The molecule has 0 saturated heterocycles. The first kappa shape index (κ1) is 11.9. The third kappa shape index (κ3) is 6.08. The van der Waals surface area contributed by atoms with Crippen LogP contribution in [0.25, 0.3) is 0 Å². The van der Waals surface area contributed by atoms with Crippen molar-refractivity contribution in [2.75, 3.05) is 7.11 Å². The summed E-state index contributed by atoms with van der Waals surface area (Å²) in [6.45, 7) is 1.89. The third-order valence-corrected chi connectivity index (χ3v) is 1.57. The molecule has 0 aliphatic rings. The molecular weight excluding hydrogens is 174 g/mol. The molecule has 0 fully saturated rings. The lowest BCUT2D eigenvalue weighted by atomic mass is 10.0. The standard InChI is InChI=1S/C8H13NO4/c1-3-7(6-9)4-5-8(10)12-13-11-2/h7H,3-5H2,1-2H3. The molecule has 0 aliphatic carbocycles. The van der Waals surface area contributed by atoms with E-state index in [-0.39, 0.29) is 12.3 Å². The molecule has 5 heteroatoms. The topological polar surface area (TPSA) is 68.6 Å². The molecule has 0 spiro atoms. The number of hydrogen-bond donors (Lipinski definition) is 0. The van der Waals surface area contributed by atoms with E-state index in [1.165, 1.54) is 7.11 Å². The summed E-state index contributed by atoms with van der Waals surface area (Å²) < 4.78 is 0. The molecule has 0 rings (SSSR count). The maximum atomic E-state index is 10.8. The van der Waals surface area contributed by atoms with Crippen LogP contribution in [0.1, 0.15) is 26.2 Å². The Morgan fingerprint density at radius 3 is 2.77 bits per heavy atom. The average molecular weight is 187 g/mol. The van der Waals surface area contributed by atoms with Gasteiger partial charge < -0.3 is 0 Å².